The highest BCUT2D eigenvalue weighted by atomic mass is 35.5. The molecule has 0 saturated carbocycles. The van der Waals surface area contributed by atoms with Crippen LogP contribution in [0.3, 0.4) is 0 Å². The SMILES string of the molecule is Cc1ccc(Cl)cc1NCC(=O)Nc1cc(Cl)c(Cl)cc1Cl. The average molecular weight is 378 g/mol. The number of hydrogen-bond donors (Lipinski definition) is 2. The second kappa shape index (κ2) is 7.42. The Morgan fingerprint density at radius 2 is 1.64 bits per heavy atom. The zero-order chi connectivity index (χ0) is 16.3. The van der Waals surface area contributed by atoms with Crippen molar-refractivity contribution >= 4 is 63.7 Å². The van der Waals surface area contributed by atoms with Gasteiger partial charge in [-0.2, -0.15) is 0 Å². The summed E-state index contributed by atoms with van der Waals surface area (Å²) in [5, 5.41) is 7.26. The Hall–Kier alpha value is -1.13. The molecule has 3 nitrogen and oxygen atoms in total. The molecule has 0 fully saturated rings. The number of benzene rings is 2. The van der Waals surface area contributed by atoms with Crippen LogP contribution in [0.15, 0.2) is 30.3 Å². The van der Waals surface area contributed by atoms with Crippen LogP contribution < -0.4 is 10.6 Å². The van der Waals surface area contributed by atoms with Crippen LogP contribution in [0.25, 0.3) is 0 Å². The van der Waals surface area contributed by atoms with Crippen molar-refractivity contribution in [1.82, 2.24) is 0 Å². The molecule has 0 spiro atoms. The number of halogens is 4. The monoisotopic (exact) mass is 376 g/mol. The Morgan fingerprint density at radius 3 is 2.36 bits per heavy atom. The van der Waals surface area contributed by atoms with E-state index in [9.17, 15) is 4.79 Å². The Morgan fingerprint density at radius 1 is 0.955 bits per heavy atom. The molecule has 1 amide bonds. The smallest absolute Gasteiger partial charge is 0.243 e. The van der Waals surface area contributed by atoms with Gasteiger partial charge in [-0.3, -0.25) is 4.79 Å². The largest absolute Gasteiger partial charge is 0.376 e. The van der Waals surface area contributed by atoms with Crippen molar-refractivity contribution in [2.75, 3.05) is 17.2 Å². The fraction of sp³-hybridized carbons (Fsp3) is 0.133. The molecule has 0 heterocycles. The topological polar surface area (TPSA) is 41.1 Å². The number of rotatable bonds is 4. The van der Waals surface area contributed by atoms with Gasteiger partial charge in [0.2, 0.25) is 5.91 Å². The minimum Gasteiger partial charge on any atom is -0.376 e. The zero-order valence-electron chi connectivity index (χ0n) is 11.5. The number of aryl methyl sites for hydroxylation is 1. The maximum absolute atomic E-state index is 12.0. The summed E-state index contributed by atoms with van der Waals surface area (Å²) in [7, 11) is 0. The summed E-state index contributed by atoms with van der Waals surface area (Å²) in [5.41, 5.74) is 2.19. The molecule has 22 heavy (non-hydrogen) atoms. The maximum Gasteiger partial charge on any atom is 0.243 e. The third-order valence-corrected chi connectivity index (χ3v) is 4.19. The number of amides is 1. The van der Waals surface area contributed by atoms with Gasteiger partial charge in [0, 0.05) is 10.7 Å². The highest BCUT2D eigenvalue weighted by Gasteiger charge is 2.10. The maximum atomic E-state index is 12.0. The number of hydrogen-bond acceptors (Lipinski definition) is 2. The molecule has 0 aliphatic carbocycles. The van der Waals surface area contributed by atoms with Crippen LogP contribution in [0.5, 0.6) is 0 Å². The quantitative estimate of drug-likeness (QED) is 0.675. The van der Waals surface area contributed by atoms with Gasteiger partial charge in [0.15, 0.2) is 0 Å². The molecule has 0 saturated heterocycles. The molecule has 2 rings (SSSR count). The van der Waals surface area contributed by atoms with Crippen LogP contribution >= 0.6 is 46.4 Å². The number of anilines is 2. The number of carbonyl (C=O) groups excluding carboxylic acids is 1. The minimum atomic E-state index is -0.264. The van der Waals surface area contributed by atoms with Crippen molar-refractivity contribution in [3.8, 4) is 0 Å². The molecule has 0 radical (unpaired) electrons. The van der Waals surface area contributed by atoms with E-state index in [1.165, 1.54) is 12.1 Å². The lowest BCUT2D eigenvalue weighted by atomic mass is 10.2. The lowest BCUT2D eigenvalue weighted by molar-refractivity contribution is -0.114. The van der Waals surface area contributed by atoms with Gasteiger partial charge in [-0.15, -0.1) is 0 Å². The van der Waals surface area contributed by atoms with Crippen LogP contribution in [0.1, 0.15) is 5.56 Å². The van der Waals surface area contributed by atoms with Crippen molar-refractivity contribution in [2.24, 2.45) is 0 Å². The summed E-state index contributed by atoms with van der Waals surface area (Å²) in [5.74, 6) is -0.264. The summed E-state index contributed by atoms with van der Waals surface area (Å²) in [6, 6.07) is 8.41. The predicted octanol–water partition coefficient (Wildman–Crippen LogP) is 5.66. The van der Waals surface area contributed by atoms with E-state index in [2.05, 4.69) is 10.6 Å². The summed E-state index contributed by atoms with van der Waals surface area (Å²) >= 11 is 23.7. The fourth-order valence-electron chi connectivity index (χ4n) is 1.77. The predicted molar refractivity (Wildman–Crippen MR) is 94.8 cm³/mol. The van der Waals surface area contributed by atoms with E-state index in [1.807, 2.05) is 13.0 Å². The van der Waals surface area contributed by atoms with Crippen LogP contribution in [0, 0.1) is 6.92 Å². The van der Waals surface area contributed by atoms with Crippen LogP contribution in [-0.4, -0.2) is 12.5 Å². The molecule has 7 heteroatoms. The molecular formula is C15H12Cl4N2O. The molecular weight excluding hydrogens is 366 g/mol. The molecule has 0 aromatic heterocycles. The highest BCUT2D eigenvalue weighted by molar-refractivity contribution is 6.44. The van der Waals surface area contributed by atoms with Crippen molar-refractivity contribution in [3.05, 3.63) is 56.0 Å². The molecule has 2 N–H and O–H groups in total. The Labute approximate surface area is 148 Å². The minimum absolute atomic E-state index is 0.0672. The van der Waals surface area contributed by atoms with Crippen molar-refractivity contribution in [3.63, 3.8) is 0 Å². The third-order valence-electron chi connectivity index (χ3n) is 2.92. The molecule has 0 aliphatic rings. The summed E-state index contributed by atoms with van der Waals surface area (Å²) in [6.07, 6.45) is 0. The molecule has 116 valence electrons. The second-order valence-electron chi connectivity index (χ2n) is 4.61. The lowest BCUT2D eigenvalue weighted by Gasteiger charge is -2.12. The van der Waals surface area contributed by atoms with Gasteiger partial charge in [-0.1, -0.05) is 52.5 Å². The third kappa shape index (κ3) is 4.43. The van der Waals surface area contributed by atoms with Gasteiger partial charge in [0.25, 0.3) is 0 Å². The Balaban J connectivity index is 2.02. The van der Waals surface area contributed by atoms with Crippen LogP contribution in [0.2, 0.25) is 20.1 Å². The first-order chi connectivity index (χ1) is 10.4. The molecule has 0 aliphatic heterocycles. The fourth-order valence-corrected chi connectivity index (χ4v) is 2.54. The zero-order valence-corrected chi connectivity index (χ0v) is 14.5. The van der Waals surface area contributed by atoms with Gasteiger partial charge in [-0.05, 0) is 36.8 Å². The summed E-state index contributed by atoms with van der Waals surface area (Å²) in [4.78, 5) is 12.0. The second-order valence-corrected chi connectivity index (χ2v) is 6.27. The normalized spacial score (nSPS) is 10.4. The average Bonchev–Trinajstić information content (AvgIpc) is 2.45. The first kappa shape index (κ1) is 17.2. The molecule has 0 unspecified atom stereocenters. The van der Waals surface area contributed by atoms with Crippen LogP contribution in [-0.2, 0) is 4.79 Å². The van der Waals surface area contributed by atoms with E-state index in [4.69, 9.17) is 46.4 Å². The van der Waals surface area contributed by atoms with Gasteiger partial charge in [-0.25, -0.2) is 0 Å². The first-order valence-corrected chi connectivity index (χ1v) is 7.82. The van der Waals surface area contributed by atoms with E-state index < -0.39 is 0 Å². The van der Waals surface area contributed by atoms with E-state index >= 15 is 0 Å². The number of carbonyl (C=O) groups is 1. The number of nitrogens with one attached hydrogen (secondary N) is 2. The van der Waals surface area contributed by atoms with Crippen molar-refractivity contribution in [1.29, 1.82) is 0 Å². The first-order valence-electron chi connectivity index (χ1n) is 6.31. The molecule has 2 aromatic rings. The lowest BCUT2D eigenvalue weighted by Crippen LogP contribution is -2.22. The van der Waals surface area contributed by atoms with Gasteiger partial charge in [0.05, 0.1) is 27.3 Å². The van der Waals surface area contributed by atoms with Gasteiger partial charge >= 0.3 is 0 Å². The Kier molecular flexibility index (Phi) is 5.81. The van der Waals surface area contributed by atoms with E-state index in [1.54, 1.807) is 12.1 Å². The molecule has 0 bridgehead atoms. The van der Waals surface area contributed by atoms with E-state index in [0.717, 1.165) is 11.3 Å². The molecule has 2 aromatic carbocycles. The summed E-state index contributed by atoms with van der Waals surface area (Å²) < 4.78 is 0. The van der Waals surface area contributed by atoms with Gasteiger partial charge in [0.1, 0.15) is 0 Å². The molecule has 0 atom stereocenters. The van der Waals surface area contributed by atoms with E-state index in [-0.39, 0.29) is 12.5 Å². The highest BCUT2D eigenvalue weighted by Crippen LogP contribution is 2.32. The van der Waals surface area contributed by atoms with Crippen molar-refractivity contribution < 1.29 is 4.79 Å². The standard InChI is InChI=1S/C15H12Cl4N2O/c1-8-2-3-9(16)4-13(8)20-7-15(22)21-14-6-11(18)10(17)5-12(14)19/h2-6,20H,7H2,1H3,(H,21,22). The van der Waals surface area contributed by atoms with Crippen LogP contribution in [0.4, 0.5) is 11.4 Å². The van der Waals surface area contributed by atoms with E-state index in [0.29, 0.717) is 25.8 Å². The summed E-state index contributed by atoms with van der Waals surface area (Å²) in [6.45, 7) is 1.99. The van der Waals surface area contributed by atoms with Gasteiger partial charge < -0.3 is 10.6 Å². The van der Waals surface area contributed by atoms with Crippen molar-refractivity contribution in [2.45, 2.75) is 6.92 Å². The Bertz CT molecular complexity index is 719.